The minimum atomic E-state index is -4.44. The van der Waals surface area contributed by atoms with Gasteiger partial charge in [0.05, 0.1) is 17.1 Å². The van der Waals surface area contributed by atoms with Crippen molar-refractivity contribution >= 4 is 30.5 Å². The van der Waals surface area contributed by atoms with Crippen molar-refractivity contribution in [2.45, 2.75) is 25.1 Å². The van der Waals surface area contributed by atoms with Crippen LogP contribution in [0.1, 0.15) is 23.9 Å². The van der Waals surface area contributed by atoms with Crippen LogP contribution in [0.2, 0.25) is 0 Å². The summed E-state index contributed by atoms with van der Waals surface area (Å²) < 4.78 is 37.2. The van der Waals surface area contributed by atoms with Crippen LogP contribution >= 0.6 is 24.8 Å². The summed E-state index contributed by atoms with van der Waals surface area (Å²) in [7, 11) is 0. The number of fused-ring (bicyclic) bond motifs is 1. The van der Waals surface area contributed by atoms with Crippen molar-refractivity contribution in [2.75, 3.05) is 11.9 Å². The highest BCUT2D eigenvalue weighted by Crippen LogP contribution is 2.31. The summed E-state index contributed by atoms with van der Waals surface area (Å²) in [4.78, 5) is 3.97. The Morgan fingerprint density at radius 2 is 1.94 bits per heavy atom. The number of aryl methyl sites for hydroxylation is 1. The predicted octanol–water partition coefficient (Wildman–Crippen LogP) is 2.85. The van der Waals surface area contributed by atoms with Crippen molar-refractivity contribution in [3.8, 4) is 0 Å². The zero-order valence-electron chi connectivity index (χ0n) is 9.33. The van der Waals surface area contributed by atoms with Crippen LogP contribution in [0.25, 0.3) is 0 Å². The van der Waals surface area contributed by atoms with Crippen LogP contribution in [0.5, 0.6) is 0 Å². The molecule has 3 N–H and O–H groups in total. The molecule has 0 fully saturated rings. The molecule has 104 valence electrons. The number of nitrogens with two attached hydrogens (primary N) is 1. The number of aromatic nitrogens is 1. The van der Waals surface area contributed by atoms with Crippen molar-refractivity contribution in [3.05, 3.63) is 23.5 Å². The Balaban J connectivity index is 0.00000144. The first kappa shape index (κ1) is 17.3. The maximum atomic E-state index is 12.4. The number of anilines is 1. The smallest absolute Gasteiger partial charge is 0.384 e. The van der Waals surface area contributed by atoms with Crippen LogP contribution in [-0.2, 0) is 6.42 Å². The number of nitrogens with zero attached hydrogens (tertiary/aromatic N) is 1. The first-order valence-electron chi connectivity index (χ1n) is 5.04. The van der Waals surface area contributed by atoms with Crippen LogP contribution in [0.15, 0.2) is 12.1 Å². The van der Waals surface area contributed by atoms with E-state index >= 15 is 0 Å². The second kappa shape index (κ2) is 6.45. The SMILES string of the molecule is Cl.Cl.N[C@@H](c1ccc2c(n1)CCCN2)C(F)(F)F. The van der Waals surface area contributed by atoms with Gasteiger partial charge in [0.1, 0.15) is 6.04 Å². The zero-order chi connectivity index (χ0) is 11.8. The summed E-state index contributed by atoms with van der Waals surface area (Å²) in [6, 6.07) is 0.942. The average Bonchev–Trinajstić information content (AvgIpc) is 2.26. The third kappa shape index (κ3) is 3.63. The maximum absolute atomic E-state index is 12.4. The van der Waals surface area contributed by atoms with Gasteiger partial charge in [-0.2, -0.15) is 13.2 Å². The Labute approximate surface area is 115 Å². The minimum absolute atomic E-state index is 0. The van der Waals surface area contributed by atoms with Crippen LogP contribution in [0.3, 0.4) is 0 Å². The molecule has 0 bridgehead atoms. The van der Waals surface area contributed by atoms with E-state index < -0.39 is 12.2 Å². The molecule has 0 saturated heterocycles. The van der Waals surface area contributed by atoms with E-state index in [4.69, 9.17) is 5.73 Å². The van der Waals surface area contributed by atoms with Crippen LogP contribution in [0.4, 0.5) is 18.9 Å². The summed E-state index contributed by atoms with van der Waals surface area (Å²) >= 11 is 0. The monoisotopic (exact) mass is 303 g/mol. The molecule has 1 aliphatic heterocycles. The first-order chi connectivity index (χ1) is 7.48. The van der Waals surface area contributed by atoms with E-state index in [1.807, 2.05) is 0 Å². The summed E-state index contributed by atoms with van der Waals surface area (Å²) in [5.74, 6) is 0. The Bertz CT molecular complexity index is 398. The van der Waals surface area contributed by atoms with E-state index in [-0.39, 0.29) is 30.5 Å². The van der Waals surface area contributed by atoms with Gasteiger partial charge in [0.15, 0.2) is 0 Å². The molecule has 2 rings (SSSR count). The van der Waals surface area contributed by atoms with Gasteiger partial charge < -0.3 is 11.1 Å². The van der Waals surface area contributed by atoms with Gasteiger partial charge in [-0.25, -0.2) is 0 Å². The normalized spacial score (nSPS) is 15.6. The number of hydrogen-bond acceptors (Lipinski definition) is 3. The fourth-order valence-electron chi connectivity index (χ4n) is 1.69. The van der Waals surface area contributed by atoms with Crippen LogP contribution in [0, 0.1) is 0 Å². The quantitative estimate of drug-likeness (QED) is 0.839. The third-order valence-electron chi connectivity index (χ3n) is 2.57. The topological polar surface area (TPSA) is 50.9 Å². The van der Waals surface area contributed by atoms with E-state index in [0.29, 0.717) is 12.1 Å². The number of hydrogen-bond donors (Lipinski definition) is 2. The highest BCUT2D eigenvalue weighted by Gasteiger charge is 2.39. The lowest BCUT2D eigenvalue weighted by Crippen LogP contribution is -2.30. The molecular formula is C10H14Cl2F3N3. The van der Waals surface area contributed by atoms with Gasteiger partial charge in [0.2, 0.25) is 0 Å². The highest BCUT2D eigenvalue weighted by molar-refractivity contribution is 5.85. The third-order valence-corrected chi connectivity index (χ3v) is 2.57. The summed E-state index contributed by atoms with van der Waals surface area (Å²) in [6.45, 7) is 0.833. The lowest BCUT2D eigenvalue weighted by Gasteiger charge is -2.20. The molecule has 0 aliphatic carbocycles. The maximum Gasteiger partial charge on any atom is 0.409 e. The van der Waals surface area contributed by atoms with Gasteiger partial charge in [-0.05, 0) is 25.0 Å². The largest absolute Gasteiger partial charge is 0.409 e. The van der Waals surface area contributed by atoms with Gasteiger partial charge in [-0.3, -0.25) is 4.98 Å². The Morgan fingerprint density at radius 3 is 2.56 bits per heavy atom. The van der Waals surface area contributed by atoms with E-state index in [0.717, 1.165) is 18.7 Å². The standard InChI is InChI=1S/C10H12F3N3.2ClH/c11-10(12,13)9(14)8-4-3-6-7(16-8)2-1-5-15-6;;/h3-4,9,15H,1-2,5,14H2;2*1H/t9-;;/m0../s1. The second-order valence-electron chi connectivity index (χ2n) is 3.78. The molecule has 1 aromatic heterocycles. The van der Waals surface area contributed by atoms with Crippen molar-refractivity contribution in [1.82, 2.24) is 4.98 Å². The molecule has 1 aromatic rings. The van der Waals surface area contributed by atoms with Crippen molar-refractivity contribution < 1.29 is 13.2 Å². The lowest BCUT2D eigenvalue weighted by atomic mass is 10.1. The number of halogens is 5. The van der Waals surface area contributed by atoms with E-state index in [9.17, 15) is 13.2 Å². The minimum Gasteiger partial charge on any atom is -0.384 e. The average molecular weight is 304 g/mol. The zero-order valence-corrected chi connectivity index (χ0v) is 11.0. The predicted molar refractivity (Wildman–Crippen MR) is 68.5 cm³/mol. The van der Waals surface area contributed by atoms with Crippen molar-refractivity contribution in [1.29, 1.82) is 0 Å². The molecule has 1 atom stereocenters. The van der Waals surface area contributed by atoms with E-state index in [1.54, 1.807) is 6.07 Å². The van der Waals surface area contributed by atoms with Crippen LogP contribution in [-0.4, -0.2) is 17.7 Å². The molecule has 0 spiro atoms. The molecule has 0 saturated carbocycles. The van der Waals surface area contributed by atoms with E-state index in [1.165, 1.54) is 6.07 Å². The molecular weight excluding hydrogens is 290 g/mol. The van der Waals surface area contributed by atoms with Gasteiger partial charge in [-0.15, -0.1) is 24.8 Å². The Hall–Kier alpha value is -0.720. The van der Waals surface area contributed by atoms with Gasteiger partial charge in [0, 0.05) is 6.54 Å². The summed E-state index contributed by atoms with van der Waals surface area (Å²) in [5, 5.41) is 3.08. The van der Waals surface area contributed by atoms with Gasteiger partial charge in [-0.1, -0.05) is 0 Å². The van der Waals surface area contributed by atoms with Gasteiger partial charge in [0.25, 0.3) is 0 Å². The summed E-state index contributed by atoms with van der Waals surface area (Å²) in [5.41, 5.74) is 6.46. The molecule has 0 unspecified atom stereocenters. The molecule has 2 heterocycles. The molecule has 0 radical (unpaired) electrons. The molecule has 8 heteroatoms. The number of nitrogens with one attached hydrogen (secondary N) is 1. The number of rotatable bonds is 1. The second-order valence-corrected chi connectivity index (χ2v) is 3.78. The van der Waals surface area contributed by atoms with Crippen molar-refractivity contribution in [3.63, 3.8) is 0 Å². The highest BCUT2D eigenvalue weighted by atomic mass is 35.5. The molecule has 0 aromatic carbocycles. The molecule has 0 amide bonds. The Kier molecular flexibility index (Phi) is 6.19. The fraction of sp³-hybridized carbons (Fsp3) is 0.500. The summed E-state index contributed by atoms with van der Waals surface area (Å²) in [6.07, 6.45) is -2.87. The van der Waals surface area contributed by atoms with Crippen molar-refractivity contribution in [2.24, 2.45) is 5.73 Å². The number of alkyl halides is 3. The first-order valence-corrected chi connectivity index (χ1v) is 5.04. The van der Waals surface area contributed by atoms with Crippen LogP contribution < -0.4 is 11.1 Å². The Morgan fingerprint density at radius 1 is 1.28 bits per heavy atom. The van der Waals surface area contributed by atoms with E-state index in [2.05, 4.69) is 10.3 Å². The number of pyridine rings is 1. The van der Waals surface area contributed by atoms with Gasteiger partial charge >= 0.3 is 6.18 Å². The lowest BCUT2D eigenvalue weighted by molar-refractivity contribution is -0.150. The molecule has 3 nitrogen and oxygen atoms in total. The molecule has 18 heavy (non-hydrogen) atoms. The molecule has 1 aliphatic rings. The fourth-order valence-corrected chi connectivity index (χ4v) is 1.69.